The third kappa shape index (κ3) is 4.17. The predicted octanol–water partition coefficient (Wildman–Crippen LogP) is 2.55. The topological polar surface area (TPSA) is 84.2 Å². The Hall–Kier alpha value is -1.67. The maximum absolute atomic E-state index is 12.0. The Morgan fingerprint density at radius 3 is 2.68 bits per heavy atom. The minimum Gasteiger partial charge on any atom is -0.444 e. The van der Waals surface area contributed by atoms with Crippen LogP contribution in [-0.2, 0) is 11.3 Å². The summed E-state index contributed by atoms with van der Waals surface area (Å²) in [5.41, 5.74) is 0.800. The number of nitrogens with zero attached hydrogens (tertiary/aromatic N) is 1. The molecule has 0 radical (unpaired) electrons. The molecule has 118 valence electrons. The molecule has 0 fully saturated rings. The average molecular weight is 386 g/mol. The van der Waals surface area contributed by atoms with E-state index in [0.29, 0.717) is 10.8 Å². The zero-order chi connectivity index (χ0) is 16.3. The lowest BCUT2D eigenvalue weighted by Gasteiger charge is -2.12. The number of nitrogens with one attached hydrogen (secondary N) is 2. The number of hydrogen-bond acceptors (Lipinski definition) is 5. The summed E-state index contributed by atoms with van der Waals surface area (Å²) in [5.74, 6) is 0.608. The van der Waals surface area contributed by atoms with E-state index in [0.717, 1.165) is 15.2 Å². The van der Waals surface area contributed by atoms with Gasteiger partial charge in [-0.25, -0.2) is 4.98 Å². The second kappa shape index (κ2) is 7.06. The number of carbonyl (C=O) groups is 2. The lowest BCUT2D eigenvalue weighted by atomic mass is 10.3. The summed E-state index contributed by atoms with van der Waals surface area (Å²) in [6.07, 6.45) is 0. The minimum absolute atomic E-state index is 0.193. The van der Waals surface area contributed by atoms with Gasteiger partial charge in [0.15, 0.2) is 0 Å². The molecule has 0 aliphatic heterocycles. The van der Waals surface area contributed by atoms with Gasteiger partial charge in [-0.05, 0) is 48.8 Å². The van der Waals surface area contributed by atoms with Gasteiger partial charge >= 0.3 is 0 Å². The smallest absolute Gasteiger partial charge is 0.262 e. The van der Waals surface area contributed by atoms with Gasteiger partial charge in [0.1, 0.15) is 11.8 Å². The van der Waals surface area contributed by atoms with E-state index in [1.165, 1.54) is 11.3 Å². The van der Waals surface area contributed by atoms with Crippen LogP contribution in [0, 0.1) is 13.8 Å². The summed E-state index contributed by atoms with van der Waals surface area (Å²) in [7, 11) is 0. The summed E-state index contributed by atoms with van der Waals surface area (Å²) < 4.78 is 6.25. The highest BCUT2D eigenvalue weighted by Gasteiger charge is 2.18. The van der Waals surface area contributed by atoms with E-state index in [1.54, 1.807) is 19.1 Å². The van der Waals surface area contributed by atoms with Crippen LogP contribution in [0.4, 0.5) is 0 Å². The van der Waals surface area contributed by atoms with Crippen LogP contribution in [-0.4, -0.2) is 22.8 Å². The van der Waals surface area contributed by atoms with Gasteiger partial charge < -0.3 is 15.1 Å². The molecule has 2 rings (SSSR count). The number of halogens is 1. The van der Waals surface area contributed by atoms with Crippen molar-refractivity contribution < 1.29 is 14.0 Å². The van der Waals surface area contributed by atoms with Crippen molar-refractivity contribution in [3.05, 3.63) is 38.1 Å². The van der Waals surface area contributed by atoms with Crippen molar-refractivity contribution in [2.45, 2.75) is 33.4 Å². The quantitative estimate of drug-likeness (QED) is 0.827. The fourth-order valence-corrected chi connectivity index (χ4v) is 2.99. The van der Waals surface area contributed by atoms with Crippen molar-refractivity contribution in [1.82, 2.24) is 15.6 Å². The normalized spacial score (nSPS) is 12.0. The van der Waals surface area contributed by atoms with E-state index < -0.39 is 6.04 Å². The lowest BCUT2D eigenvalue weighted by molar-refractivity contribution is -0.122. The van der Waals surface area contributed by atoms with Crippen LogP contribution in [0.15, 0.2) is 20.3 Å². The van der Waals surface area contributed by atoms with Gasteiger partial charge in [0, 0.05) is 0 Å². The first kappa shape index (κ1) is 16.7. The Labute approximate surface area is 140 Å². The average Bonchev–Trinajstić information content (AvgIpc) is 3.03. The number of carbonyl (C=O) groups excluding carboxylic acids is 2. The SMILES string of the molecule is Cc1nc(CNC(=O)C(C)NC(=O)c2ccc(Br)s2)oc1C. The van der Waals surface area contributed by atoms with Gasteiger partial charge in [-0.1, -0.05) is 0 Å². The van der Waals surface area contributed by atoms with Gasteiger partial charge in [-0.2, -0.15) is 0 Å². The fourth-order valence-electron chi connectivity index (χ4n) is 1.70. The Balaban J connectivity index is 1.85. The second-order valence-electron chi connectivity index (χ2n) is 4.77. The van der Waals surface area contributed by atoms with Gasteiger partial charge in [-0.15, -0.1) is 11.3 Å². The van der Waals surface area contributed by atoms with Crippen molar-refractivity contribution >= 4 is 39.1 Å². The van der Waals surface area contributed by atoms with Crippen LogP contribution in [0.3, 0.4) is 0 Å². The molecule has 1 unspecified atom stereocenters. The van der Waals surface area contributed by atoms with E-state index in [4.69, 9.17) is 4.42 Å². The van der Waals surface area contributed by atoms with Crippen molar-refractivity contribution in [1.29, 1.82) is 0 Å². The molecule has 0 bridgehead atoms. The zero-order valence-corrected chi connectivity index (χ0v) is 14.8. The Kier molecular flexibility index (Phi) is 5.36. The van der Waals surface area contributed by atoms with E-state index in [1.807, 2.05) is 13.8 Å². The molecule has 1 atom stereocenters. The first-order chi connectivity index (χ1) is 10.4. The molecule has 0 aromatic carbocycles. The van der Waals surface area contributed by atoms with Crippen molar-refractivity contribution in [3.63, 3.8) is 0 Å². The maximum atomic E-state index is 12.0. The van der Waals surface area contributed by atoms with E-state index >= 15 is 0 Å². The van der Waals surface area contributed by atoms with Crippen LogP contribution in [0.1, 0.15) is 33.9 Å². The van der Waals surface area contributed by atoms with E-state index in [2.05, 4.69) is 31.5 Å². The van der Waals surface area contributed by atoms with E-state index in [9.17, 15) is 9.59 Å². The van der Waals surface area contributed by atoms with Gasteiger partial charge in [0.2, 0.25) is 11.8 Å². The van der Waals surface area contributed by atoms with Crippen molar-refractivity contribution in [3.8, 4) is 0 Å². The molecule has 0 aliphatic carbocycles. The zero-order valence-electron chi connectivity index (χ0n) is 12.4. The highest BCUT2D eigenvalue weighted by Crippen LogP contribution is 2.21. The Bertz CT molecular complexity index is 676. The minimum atomic E-state index is -0.648. The van der Waals surface area contributed by atoms with Crippen LogP contribution in [0.5, 0.6) is 0 Å². The number of rotatable bonds is 5. The maximum Gasteiger partial charge on any atom is 0.262 e. The number of hydrogen-bond donors (Lipinski definition) is 2. The molecule has 2 N–H and O–H groups in total. The van der Waals surface area contributed by atoms with Gasteiger partial charge in [0.05, 0.1) is 20.9 Å². The number of aromatic nitrogens is 1. The fraction of sp³-hybridized carbons (Fsp3) is 0.357. The molecule has 2 heterocycles. The first-order valence-electron chi connectivity index (χ1n) is 6.63. The third-order valence-electron chi connectivity index (χ3n) is 3.02. The highest BCUT2D eigenvalue weighted by molar-refractivity contribution is 9.11. The van der Waals surface area contributed by atoms with Crippen LogP contribution in [0.2, 0.25) is 0 Å². The number of aryl methyl sites for hydroxylation is 2. The summed E-state index contributed by atoms with van der Waals surface area (Å²) in [4.78, 5) is 28.7. The number of thiophene rings is 1. The van der Waals surface area contributed by atoms with Crippen LogP contribution in [0.25, 0.3) is 0 Å². The summed E-state index contributed by atoms with van der Waals surface area (Å²) in [6.45, 7) is 5.47. The van der Waals surface area contributed by atoms with E-state index in [-0.39, 0.29) is 18.4 Å². The molecule has 8 heteroatoms. The van der Waals surface area contributed by atoms with Gasteiger partial charge in [0.25, 0.3) is 5.91 Å². The molecule has 2 amide bonds. The summed E-state index contributed by atoms with van der Waals surface area (Å²) in [6, 6.07) is 2.84. The monoisotopic (exact) mass is 385 g/mol. The van der Waals surface area contributed by atoms with Crippen LogP contribution >= 0.6 is 27.3 Å². The number of amides is 2. The molecular formula is C14H16BrN3O3S. The Morgan fingerprint density at radius 1 is 1.41 bits per heavy atom. The number of oxazole rings is 1. The first-order valence-corrected chi connectivity index (χ1v) is 8.24. The van der Waals surface area contributed by atoms with Gasteiger partial charge in [-0.3, -0.25) is 9.59 Å². The Morgan fingerprint density at radius 2 is 2.14 bits per heavy atom. The molecule has 2 aromatic heterocycles. The molecular weight excluding hydrogens is 370 g/mol. The predicted molar refractivity (Wildman–Crippen MR) is 86.8 cm³/mol. The lowest BCUT2D eigenvalue weighted by Crippen LogP contribution is -2.44. The van der Waals surface area contributed by atoms with Crippen molar-refractivity contribution in [2.24, 2.45) is 0 Å². The molecule has 0 saturated heterocycles. The summed E-state index contributed by atoms with van der Waals surface area (Å²) in [5, 5.41) is 5.34. The molecule has 6 nitrogen and oxygen atoms in total. The standard InChI is InChI=1S/C14H16BrN3O3S/c1-7-9(3)21-12(17-7)6-16-13(19)8(2)18-14(20)10-4-5-11(15)22-10/h4-5,8H,6H2,1-3H3,(H,16,19)(H,18,20). The third-order valence-corrected chi connectivity index (χ3v) is 4.65. The molecule has 2 aromatic rings. The largest absolute Gasteiger partial charge is 0.444 e. The molecule has 22 heavy (non-hydrogen) atoms. The molecule has 0 saturated carbocycles. The summed E-state index contributed by atoms with van der Waals surface area (Å²) >= 11 is 4.61. The molecule has 0 aliphatic rings. The van der Waals surface area contributed by atoms with Crippen molar-refractivity contribution in [2.75, 3.05) is 0 Å². The highest BCUT2D eigenvalue weighted by atomic mass is 79.9. The van der Waals surface area contributed by atoms with Crippen LogP contribution < -0.4 is 10.6 Å². The second-order valence-corrected chi connectivity index (χ2v) is 7.23. The molecule has 0 spiro atoms.